The van der Waals surface area contributed by atoms with Crippen molar-refractivity contribution in [2.75, 3.05) is 33.2 Å². The second kappa shape index (κ2) is 4.94. The molecule has 0 saturated carbocycles. The highest BCUT2D eigenvalue weighted by Gasteiger charge is 2.53. The zero-order valence-electron chi connectivity index (χ0n) is 11.4. The van der Waals surface area contributed by atoms with E-state index in [9.17, 15) is 4.79 Å². The Hall–Kier alpha value is -1.39. The Morgan fingerprint density at radius 1 is 1.42 bits per heavy atom. The minimum Gasteiger partial charge on any atom is -0.359 e. The molecule has 3 rings (SSSR count). The lowest BCUT2D eigenvalue weighted by molar-refractivity contribution is -0.128. The summed E-state index contributed by atoms with van der Waals surface area (Å²) in [5, 5.41) is 6.15. The largest absolute Gasteiger partial charge is 0.359 e. The summed E-state index contributed by atoms with van der Waals surface area (Å²) in [4.78, 5) is 14.5. The average Bonchev–Trinajstić information content (AvgIpc) is 2.78. The van der Waals surface area contributed by atoms with Crippen LogP contribution in [0.15, 0.2) is 30.3 Å². The number of benzene rings is 1. The predicted octanol–water partition coefficient (Wildman–Crippen LogP) is 0.454. The maximum absolute atomic E-state index is 12.1. The summed E-state index contributed by atoms with van der Waals surface area (Å²) in [6, 6.07) is 10.5. The van der Waals surface area contributed by atoms with Crippen molar-refractivity contribution in [3.63, 3.8) is 0 Å². The van der Waals surface area contributed by atoms with Crippen LogP contribution in [0.5, 0.6) is 0 Å². The summed E-state index contributed by atoms with van der Waals surface area (Å²) in [6.07, 6.45) is 0. The fourth-order valence-electron chi connectivity index (χ4n) is 3.37. The van der Waals surface area contributed by atoms with E-state index < -0.39 is 0 Å². The first-order valence-electron chi connectivity index (χ1n) is 6.92. The molecular weight excluding hydrogens is 238 g/mol. The molecule has 0 aromatic heterocycles. The molecule has 2 saturated heterocycles. The second-order valence-corrected chi connectivity index (χ2v) is 5.79. The number of hydrogen-bond donors (Lipinski definition) is 2. The van der Waals surface area contributed by atoms with Crippen LogP contribution in [-0.2, 0) is 11.3 Å². The van der Waals surface area contributed by atoms with E-state index >= 15 is 0 Å². The first-order chi connectivity index (χ1) is 9.23. The molecule has 0 bridgehead atoms. The lowest BCUT2D eigenvalue weighted by Gasteiger charge is -2.42. The summed E-state index contributed by atoms with van der Waals surface area (Å²) < 4.78 is 0. The summed E-state index contributed by atoms with van der Waals surface area (Å²) >= 11 is 0. The highest BCUT2D eigenvalue weighted by molar-refractivity contribution is 5.80. The summed E-state index contributed by atoms with van der Waals surface area (Å²) in [5.74, 6) is 0.319. The van der Waals surface area contributed by atoms with E-state index in [0.717, 1.165) is 32.7 Å². The maximum atomic E-state index is 12.1. The van der Waals surface area contributed by atoms with E-state index in [2.05, 4.69) is 39.8 Å². The quantitative estimate of drug-likeness (QED) is 0.828. The van der Waals surface area contributed by atoms with Gasteiger partial charge in [0.2, 0.25) is 5.91 Å². The Morgan fingerprint density at radius 2 is 2.16 bits per heavy atom. The van der Waals surface area contributed by atoms with E-state index in [4.69, 9.17) is 0 Å². The zero-order valence-corrected chi connectivity index (χ0v) is 11.4. The van der Waals surface area contributed by atoms with Crippen molar-refractivity contribution in [1.29, 1.82) is 0 Å². The fourth-order valence-corrected chi connectivity index (χ4v) is 3.37. The van der Waals surface area contributed by atoms with Gasteiger partial charge in [0.1, 0.15) is 0 Å². The molecule has 2 aliphatic rings. The average molecular weight is 259 g/mol. The van der Waals surface area contributed by atoms with Gasteiger partial charge in [0, 0.05) is 45.2 Å². The Kier molecular flexibility index (Phi) is 3.29. The molecule has 0 aliphatic carbocycles. The van der Waals surface area contributed by atoms with Crippen LogP contribution in [0.1, 0.15) is 5.56 Å². The van der Waals surface area contributed by atoms with Gasteiger partial charge in [-0.15, -0.1) is 0 Å². The number of amides is 1. The second-order valence-electron chi connectivity index (χ2n) is 5.79. The molecule has 2 fully saturated rings. The van der Waals surface area contributed by atoms with E-state index in [1.807, 2.05) is 6.07 Å². The molecule has 2 heterocycles. The minimum absolute atomic E-state index is 0.127. The van der Waals surface area contributed by atoms with E-state index in [0.29, 0.717) is 0 Å². The number of rotatable bonds is 3. The van der Waals surface area contributed by atoms with E-state index in [1.54, 1.807) is 7.05 Å². The smallest absolute Gasteiger partial charge is 0.224 e. The molecule has 4 heteroatoms. The zero-order chi connectivity index (χ0) is 13.3. The molecule has 19 heavy (non-hydrogen) atoms. The maximum Gasteiger partial charge on any atom is 0.224 e. The third kappa shape index (κ3) is 2.26. The molecule has 1 aromatic carbocycles. The van der Waals surface area contributed by atoms with Crippen LogP contribution in [0.2, 0.25) is 0 Å². The minimum atomic E-state index is 0.127. The molecular formula is C15H21N3O. The van der Waals surface area contributed by atoms with Crippen molar-refractivity contribution in [1.82, 2.24) is 15.5 Å². The molecule has 2 N–H and O–H groups in total. The van der Waals surface area contributed by atoms with Crippen molar-refractivity contribution in [3.8, 4) is 0 Å². The van der Waals surface area contributed by atoms with Crippen molar-refractivity contribution in [2.45, 2.75) is 6.54 Å². The lowest BCUT2D eigenvalue weighted by Crippen LogP contribution is -2.60. The van der Waals surface area contributed by atoms with E-state index in [1.165, 1.54) is 5.56 Å². The van der Waals surface area contributed by atoms with Gasteiger partial charge in [0.05, 0.1) is 5.92 Å². The molecule has 2 aliphatic heterocycles. The molecule has 0 radical (unpaired) electrons. The van der Waals surface area contributed by atoms with Gasteiger partial charge in [-0.25, -0.2) is 0 Å². The number of nitrogens with one attached hydrogen (secondary N) is 2. The van der Waals surface area contributed by atoms with Gasteiger partial charge in [-0.1, -0.05) is 30.3 Å². The Labute approximate surface area is 114 Å². The summed E-state index contributed by atoms with van der Waals surface area (Å²) in [7, 11) is 1.74. The molecule has 4 nitrogen and oxygen atoms in total. The van der Waals surface area contributed by atoms with Crippen LogP contribution in [0, 0.1) is 11.3 Å². The van der Waals surface area contributed by atoms with Crippen molar-refractivity contribution >= 4 is 5.91 Å². The van der Waals surface area contributed by atoms with E-state index in [-0.39, 0.29) is 17.2 Å². The van der Waals surface area contributed by atoms with Gasteiger partial charge in [0.15, 0.2) is 0 Å². The first kappa shape index (κ1) is 12.6. The first-order valence-corrected chi connectivity index (χ1v) is 6.92. The number of likely N-dealkylation sites (tertiary alicyclic amines) is 1. The van der Waals surface area contributed by atoms with Crippen LogP contribution in [-0.4, -0.2) is 44.0 Å². The van der Waals surface area contributed by atoms with Crippen LogP contribution in [0.4, 0.5) is 0 Å². The predicted molar refractivity (Wildman–Crippen MR) is 74.6 cm³/mol. The standard InChI is InChI=1S/C15H21N3O/c1-16-14(19)13-8-18(11-15(13)9-17-10-15)7-12-5-3-2-4-6-12/h2-6,13,17H,7-11H2,1H3,(H,16,19). The van der Waals surface area contributed by atoms with Gasteiger partial charge >= 0.3 is 0 Å². The molecule has 1 spiro atoms. The molecule has 102 valence electrons. The van der Waals surface area contributed by atoms with Crippen LogP contribution < -0.4 is 10.6 Å². The lowest BCUT2D eigenvalue weighted by atomic mass is 9.72. The Balaban J connectivity index is 1.71. The fraction of sp³-hybridized carbons (Fsp3) is 0.533. The number of nitrogens with zero attached hydrogens (tertiary/aromatic N) is 1. The molecule has 1 amide bonds. The monoisotopic (exact) mass is 259 g/mol. The summed E-state index contributed by atoms with van der Waals surface area (Å²) in [6.45, 7) is 4.77. The highest BCUT2D eigenvalue weighted by Crippen LogP contribution is 2.40. The third-order valence-electron chi connectivity index (χ3n) is 4.48. The van der Waals surface area contributed by atoms with Crippen LogP contribution in [0.3, 0.4) is 0 Å². The molecule has 1 aromatic rings. The Bertz CT molecular complexity index is 456. The SMILES string of the molecule is CNC(=O)C1CN(Cc2ccccc2)CC12CNC2. The number of carbonyl (C=O) groups is 1. The number of hydrogen-bond acceptors (Lipinski definition) is 3. The van der Waals surface area contributed by atoms with Crippen molar-refractivity contribution in [3.05, 3.63) is 35.9 Å². The van der Waals surface area contributed by atoms with Crippen LogP contribution >= 0.6 is 0 Å². The van der Waals surface area contributed by atoms with Gasteiger partial charge in [-0.05, 0) is 5.56 Å². The third-order valence-corrected chi connectivity index (χ3v) is 4.48. The van der Waals surface area contributed by atoms with Crippen molar-refractivity contribution in [2.24, 2.45) is 11.3 Å². The summed E-state index contributed by atoms with van der Waals surface area (Å²) in [5.41, 5.74) is 1.48. The topological polar surface area (TPSA) is 44.4 Å². The Morgan fingerprint density at radius 3 is 2.74 bits per heavy atom. The van der Waals surface area contributed by atoms with Gasteiger partial charge < -0.3 is 10.6 Å². The molecule has 1 unspecified atom stereocenters. The van der Waals surface area contributed by atoms with Crippen molar-refractivity contribution < 1.29 is 4.79 Å². The van der Waals surface area contributed by atoms with Crippen LogP contribution in [0.25, 0.3) is 0 Å². The highest BCUT2D eigenvalue weighted by atomic mass is 16.1. The van der Waals surface area contributed by atoms with Gasteiger partial charge in [0.25, 0.3) is 0 Å². The van der Waals surface area contributed by atoms with Gasteiger partial charge in [-0.2, -0.15) is 0 Å². The number of carbonyl (C=O) groups excluding carboxylic acids is 1. The van der Waals surface area contributed by atoms with Gasteiger partial charge in [-0.3, -0.25) is 9.69 Å². The normalized spacial score (nSPS) is 25.2. The molecule has 1 atom stereocenters.